The Balaban J connectivity index is 1.61. The van der Waals surface area contributed by atoms with Gasteiger partial charge in [-0.1, -0.05) is 66.7 Å². The number of aliphatic imine (C=N–C) groups is 1. The number of para-hydroxylation sites is 2. The van der Waals surface area contributed by atoms with Gasteiger partial charge in [0.1, 0.15) is 5.84 Å². The maximum atomic E-state index is 12.1. The SMILES string of the molecule is O=C1NC(=Nc2ccccc2)C(=Cc2cn(-c3ccccc3)nc2-c2ccccc2)S1. The van der Waals surface area contributed by atoms with Gasteiger partial charge in [0.15, 0.2) is 0 Å². The summed E-state index contributed by atoms with van der Waals surface area (Å²) in [6.07, 6.45) is 3.95. The third-order valence-corrected chi connectivity index (χ3v) is 5.57. The first-order chi connectivity index (χ1) is 15.3. The molecule has 5 nitrogen and oxygen atoms in total. The molecule has 150 valence electrons. The molecule has 0 atom stereocenters. The molecule has 1 aromatic heterocycles. The summed E-state index contributed by atoms with van der Waals surface area (Å²) < 4.78 is 1.86. The molecule has 1 aliphatic rings. The van der Waals surface area contributed by atoms with Crippen molar-refractivity contribution in [2.45, 2.75) is 0 Å². The third-order valence-electron chi connectivity index (χ3n) is 4.75. The average molecular weight is 423 g/mol. The summed E-state index contributed by atoms with van der Waals surface area (Å²) in [7, 11) is 0. The van der Waals surface area contributed by atoms with Crippen LogP contribution < -0.4 is 5.32 Å². The number of carbonyl (C=O) groups is 1. The lowest BCUT2D eigenvalue weighted by molar-refractivity contribution is 0.265. The minimum Gasteiger partial charge on any atom is -0.300 e. The Morgan fingerprint density at radius 3 is 2.23 bits per heavy atom. The molecule has 4 aromatic rings. The number of hydrogen-bond donors (Lipinski definition) is 1. The minimum atomic E-state index is -0.141. The largest absolute Gasteiger partial charge is 0.300 e. The van der Waals surface area contributed by atoms with E-state index in [0.717, 1.165) is 44.9 Å². The van der Waals surface area contributed by atoms with E-state index in [1.54, 1.807) is 0 Å². The van der Waals surface area contributed by atoms with Crippen molar-refractivity contribution in [3.63, 3.8) is 0 Å². The number of amidine groups is 1. The van der Waals surface area contributed by atoms with Crippen LogP contribution in [-0.4, -0.2) is 20.9 Å². The van der Waals surface area contributed by atoms with Crippen molar-refractivity contribution in [3.8, 4) is 16.9 Å². The zero-order valence-electron chi connectivity index (χ0n) is 16.5. The molecule has 1 saturated heterocycles. The third kappa shape index (κ3) is 4.20. The van der Waals surface area contributed by atoms with Crippen LogP contribution in [0.15, 0.2) is 107 Å². The monoisotopic (exact) mass is 422 g/mol. The van der Waals surface area contributed by atoms with Crippen LogP contribution in [0.25, 0.3) is 23.0 Å². The second kappa shape index (κ2) is 8.45. The molecule has 1 aliphatic heterocycles. The Morgan fingerprint density at radius 1 is 0.871 bits per heavy atom. The molecular formula is C25H18N4OS. The number of amides is 1. The fourth-order valence-electron chi connectivity index (χ4n) is 3.31. The number of thioether (sulfide) groups is 1. The van der Waals surface area contributed by atoms with E-state index in [2.05, 4.69) is 10.3 Å². The number of rotatable bonds is 4. The van der Waals surface area contributed by atoms with Gasteiger partial charge in [-0.15, -0.1) is 0 Å². The quantitative estimate of drug-likeness (QED) is 0.434. The van der Waals surface area contributed by atoms with Crippen LogP contribution in [0, 0.1) is 0 Å². The van der Waals surface area contributed by atoms with Crippen molar-refractivity contribution in [1.29, 1.82) is 0 Å². The van der Waals surface area contributed by atoms with E-state index >= 15 is 0 Å². The van der Waals surface area contributed by atoms with Crippen LogP contribution >= 0.6 is 11.8 Å². The minimum absolute atomic E-state index is 0.141. The Kier molecular flexibility index (Phi) is 5.21. The van der Waals surface area contributed by atoms with Gasteiger partial charge >= 0.3 is 0 Å². The number of nitrogens with one attached hydrogen (secondary N) is 1. The maximum absolute atomic E-state index is 12.1. The van der Waals surface area contributed by atoms with Gasteiger partial charge in [-0.2, -0.15) is 5.10 Å². The van der Waals surface area contributed by atoms with Crippen molar-refractivity contribution < 1.29 is 4.79 Å². The van der Waals surface area contributed by atoms with Gasteiger partial charge in [0.2, 0.25) is 0 Å². The lowest BCUT2D eigenvalue weighted by Gasteiger charge is -2.01. The number of carbonyl (C=O) groups excluding carboxylic acids is 1. The fraction of sp³-hybridized carbons (Fsp3) is 0. The first-order valence-corrected chi connectivity index (χ1v) is 10.6. The van der Waals surface area contributed by atoms with Crippen LogP contribution in [0.4, 0.5) is 10.5 Å². The van der Waals surface area contributed by atoms with Gasteiger partial charge in [0.05, 0.1) is 22.0 Å². The standard InChI is InChI=1S/C25H18N4OS/c30-25-27-24(26-20-12-6-2-7-13-20)22(31-25)16-19-17-29(21-14-8-3-9-15-21)28-23(19)18-10-4-1-5-11-18/h1-17H,(H,26,27,30). The van der Waals surface area contributed by atoms with Crippen molar-refractivity contribution in [2.24, 2.45) is 4.99 Å². The van der Waals surface area contributed by atoms with E-state index in [9.17, 15) is 4.79 Å². The number of hydrogen-bond acceptors (Lipinski definition) is 4. The van der Waals surface area contributed by atoms with Gasteiger partial charge in [0.25, 0.3) is 5.24 Å². The molecule has 1 fully saturated rings. The van der Waals surface area contributed by atoms with Crippen LogP contribution in [-0.2, 0) is 0 Å². The van der Waals surface area contributed by atoms with Crippen LogP contribution in [0.3, 0.4) is 0 Å². The number of aromatic nitrogens is 2. The molecule has 6 heteroatoms. The van der Waals surface area contributed by atoms with Crippen LogP contribution in [0.5, 0.6) is 0 Å². The van der Waals surface area contributed by atoms with Crippen molar-refractivity contribution in [2.75, 3.05) is 0 Å². The second-order valence-electron chi connectivity index (χ2n) is 6.90. The first-order valence-electron chi connectivity index (χ1n) is 9.81. The average Bonchev–Trinajstić information content (AvgIpc) is 3.39. The summed E-state index contributed by atoms with van der Waals surface area (Å²) in [5, 5.41) is 7.55. The highest BCUT2D eigenvalue weighted by molar-refractivity contribution is 8.18. The lowest BCUT2D eigenvalue weighted by Crippen LogP contribution is -2.18. The van der Waals surface area contributed by atoms with Gasteiger partial charge in [0, 0.05) is 17.3 Å². The van der Waals surface area contributed by atoms with Crippen LogP contribution in [0.2, 0.25) is 0 Å². The summed E-state index contributed by atoms with van der Waals surface area (Å²) in [6, 6.07) is 29.6. The Labute approximate surface area is 184 Å². The molecule has 1 amide bonds. The van der Waals surface area contributed by atoms with Crippen molar-refractivity contribution in [3.05, 3.63) is 108 Å². The molecule has 1 N–H and O–H groups in total. The summed E-state index contributed by atoms with van der Waals surface area (Å²) in [5.41, 5.74) is 4.52. The van der Waals surface area contributed by atoms with E-state index in [1.165, 1.54) is 0 Å². The van der Waals surface area contributed by atoms with Crippen LogP contribution in [0.1, 0.15) is 5.56 Å². The van der Waals surface area contributed by atoms with Gasteiger partial charge in [-0.05, 0) is 42.1 Å². The molecular weight excluding hydrogens is 404 g/mol. The fourth-order valence-corrected chi connectivity index (χ4v) is 4.04. The highest BCUT2D eigenvalue weighted by Gasteiger charge is 2.24. The van der Waals surface area contributed by atoms with E-state index in [4.69, 9.17) is 5.10 Å². The van der Waals surface area contributed by atoms with Gasteiger partial charge in [-0.25, -0.2) is 9.67 Å². The van der Waals surface area contributed by atoms with E-state index in [-0.39, 0.29) is 5.24 Å². The first kappa shape index (κ1) is 19.1. The van der Waals surface area contributed by atoms with Gasteiger partial charge < -0.3 is 5.32 Å². The molecule has 0 saturated carbocycles. The number of nitrogens with zero attached hydrogens (tertiary/aromatic N) is 3. The Morgan fingerprint density at radius 2 is 1.52 bits per heavy atom. The predicted molar refractivity (Wildman–Crippen MR) is 127 cm³/mol. The highest BCUT2D eigenvalue weighted by Crippen LogP contribution is 2.32. The molecule has 0 unspecified atom stereocenters. The molecule has 2 heterocycles. The van der Waals surface area contributed by atoms with Crippen molar-refractivity contribution in [1.82, 2.24) is 15.1 Å². The predicted octanol–water partition coefficient (Wildman–Crippen LogP) is 6.07. The summed E-state index contributed by atoms with van der Waals surface area (Å²) >= 11 is 1.14. The van der Waals surface area contributed by atoms with E-state index in [1.807, 2.05) is 108 Å². The second-order valence-corrected chi connectivity index (χ2v) is 7.91. The summed E-state index contributed by atoms with van der Waals surface area (Å²) in [4.78, 5) is 17.5. The maximum Gasteiger partial charge on any atom is 0.289 e. The number of benzene rings is 3. The topological polar surface area (TPSA) is 59.3 Å². The highest BCUT2D eigenvalue weighted by atomic mass is 32.2. The molecule has 0 spiro atoms. The lowest BCUT2D eigenvalue weighted by atomic mass is 10.1. The zero-order valence-corrected chi connectivity index (χ0v) is 17.3. The zero-order chi connectivity index (χ0) is 21.0. The summed E-state index contributed by atoms with van der Waals surface area (Å²) in [5.74, 6) is 0.549. The molecule has 5 rings (SSSR count). The molecule has 0 radical (unpaired) electrons. The van der Waals surface area contributed by atoms with E-state index < -0.39 is 0 Å². The molecule has 3 aromatic carbocycles. The molecule has 31 heavy (non-hydrogen) atoms. The molecule has 0 bridgehead atoms. The summed E-state index contributed by atoms with van der Waals surface area (Å²) in [6.45, 7) is 0. The smallest absolute Gasteiger partial charge is 0.289 e. The van der Waals surface area contributed by atoms with E-state index in [0.29, 0.717) is 5.84 Å². The van der Waals surface area contributed by atoms with Crippen molar-refractivity contribution >= 4 is 34.6 Å². The Hall–Kier alpha value is -3.90. The molecule has 0 aliphatic carbocycles. The van der Waals surface area contributed by atoms with Gasteiger partial charge in [-0.3, -0.25) is 4.79 Å². The Bertz CT molecular complexity index is 1280. The normalized spacial score (nSPS) is 16.1.